The van der Waals surface area contributed by atoms with Crippen molar-refractivity contribution in [1.29, 1.82) is 0 Å². The molecule has 0 bridgehead atoms. The second kappa shape index (κ2) is 6.20. The molecule has 0 atom stereocenters. The fourth-order valence-corrected chi connectivity index (χ4v) is 1.70. The Morgan fingerprint density at radius 2 is 1.84 bits per heavy atom. The molecule has 4 heteroatoms. The number of hydrogen-bond acceptors (Lipinski definition) is 4. The quantitative estimate of drug-likeness (QED) is 0.897. The molecule has 0 spiro atoms. The predicted molar refractivity (Wildman–Crippen MR) is 72.1 cm³/mol. The van der Waals surface area contributed by atoms with Gasteiger partial charge in [0.25, 0.3) is 0 Å². The summed E-state index contributed by atoms with van der Waals surface area (Å²) >= 11 is 0. The summed E-state index contributed by atoms with van der Waals surface area (Å²) in [5.41, 5.74) is 2.42. The molecule has 1 aromatic carbocycles. The summed E-state index contributed by atoms with van der Waals surface area (Å²) in [4.78, 5) is 4.10. The monoisotopic (exact) mass is 259 g/mol. The Morgan fingerprint density at radius 1 is 1.11 bits per heavy atom. The summed E-state index contributed by atoms with van der Waals surface area (Å²) in [6.07, 6.45) is 1.67. The van der Waals surface area contributed by atoms with Gasteiger partial charge in [-0.05, 0) is 36.2 Å². The molecule has 2 aromatic rings. The SMILES string of the molecule is COc1ccc(COCc2nccc(C)c2O)cc1. The molecule has 0 fully saturated rings. The van der Waals surface area contributed by atoms with Crippen molar-refractivity contribution in [3.8, 4) is 11.5 Å². The van der Waals surface area contributed by atoms with Crippen molar-refractivity contribution >= 4 is 0 Å². The number of pyridine rings is 1. The standard InChI is InChI=1S/C15H17NO3/c1-11-7-8-16-14(15(11)17)10-19-9-12-3-5-13(18-2)6-4-12/h3-8,17H,9-10H2,1-2H3. The van der Waals surface area contributed by atoms with Gasteiger partial charge in [0.15, 0.2) is 0 Å². The van der Waals surface area contributed by atoms with Crippen LogP contribution in [0, 0.1) is 6.92 Å². The molecule has 0 aliphatic carbocycles. The van der Waals surface area contributed by atoms with Crippen LogP contribution in [0.4, 0.5) is 0 Å². The zero-order chi connectivity index (χ0) is 13.7. The van der Waals surface area contributed by atoms with E-state index in [1.54, 1.807) is 19.4 Å². The minimum absolute atomic E-state index is 0.206. The van der Waals surface area contributed by atoms with Gasteiger partial charge in [-0.15, -0.1) is 0 Å². The zero-order valence-electron chi connectivity index (χ0n) is 11.1. The Bertz CT molecular complexity index is 538. The molecule has 1 heterocycles. The molecule has 4 nitrogen and oxygen atoms in total. The first-order valence-corrected chi connectivity index (χ1v) is 6.05. The fraction of sp³-hybridized carbons (Fsp3) is 0.267. The summed E-state index contributed by atoms with van der Waals surface area (Å²) in [6, 6.07) is 9.44. The molecular weight excluding hydrogens is 242 g/mol. The van der Waals surface area contributed by atoms with E-state index < -0.39 is 0 Å². The lowest BCUT2D eigenvalue weighted by molar-refractivity contribution is 0.102. The molecule has 1 N–H and O–H groups in total. The number of aromatic nitrogens is 1. The van der Waals surface area contributed by atoms with Crippen LogP contribution < -0.4 is 4.74 Å². The number of hydrogen-bond donors (Lipinski definition) is 1. The van der Waals surface area contributed by atoms with Gasteiger partial charge in [-0.3, -0.25) is 4.98 Å². The minimum Gasteiger partial charge on any atom is -0.506 e. The van der Waals surface area contributed by atoms with E-state index in [1.807, 2.05) is 31.2 Å². The van der Waals surface area contributed by atoms with E-state index in [-0.39, 0.29) is 5.75 Å². The highest BCUT2D eigenvalue weighted by Crippen LogP contribution is 2.20. The topological polar surface area (TPSA) is 51.6 Å². The highest BCUT2D eigenvalue weighted by atomic mass is 16.5. The Balaban J connectivity index is 1.90. The minimum atomic E-state index is 0.206. The van der Waals surface area contributed by atoms with E-state index >= 15 is 0 Å². The van der Waals surface area contributed by atoms with Gasteiger partial charge in [-0.25, -0.2) is 0 Å². The van der Waals surface area contributed by atoms with Gasteiger partial charge in [0.2, 0.25) is 0 Å². The van der Waals surface area contributed by atoms with Crippen LogP contribution in [-0.4, -0.2) is 17.2 Å². The van der Waals surface area contributed by atoms with Gasteiger partial charge in [0.1, 0.15) is 17.2 Å². The van der Waals surface area contributed by atoms with Crippen LogP contribution in [0.3, 0.4) is 0 Å². The van der Waals surface area contributed by atoms with E-state index in [0.717, 1.165) is 16.9 Å². The summed E-state index contributed by atoms with van der Waals surface area (Å²) in [6.45, 7) is 2.60. The average Bonchev–Trinajstić information content (AvgIpc) is 2.44. The van der Waals surface area contributed by atoms with Crippen LogP contribution in [0.25, 0.3) is 0 Å². The third-order valence-corrected chi connectivity index (χ3v) is 2.87. The van der Waals surface area contributed by atoms with E-state index in [9.17, 15) is 5.11 Å². The van der Waals surface area contributed by atoms with Crippen LogP contribution in [0.15, 0.2) is 36.5 Å². The maximum Gasteiger partial charge on any atom is 0.142 e. The molecule has 0 aliphatic heterocycles. The van der Waals surface area contributed by atoms with Crippen LogP contribution in [0.2, 0.25) is 0 Å². The second-order valence-electron chi connectivity index (χ2n) is 4.26. The average molecular weight is 259 g/mol. The number of methoxy groups -OCH3 is 1. The molecule has 0 aliphatic rings. The van der Waals surface area contributed by atoms with Crippen LogP contribution in [0.5, 0.6) is 11.5 Å². The van der Waals surface area contributed by atoms with E-state index in [0.29, 0.717) is 18.9 Å². The van der Waals surface area contributed by atoms with Crippen molar-refractivity contribution in [1.82, 2.24) is 4.98 Å². The van der Waals surface area contributed by atoms with E-state index in [4.69, 9.17) is 9.47 Å². The first-order chi connectivity index (χ1) is 9.20. The number of ether oxygens (including phenoxy) is 2. The van der Waals surface area contributed by atoms with E-state index in [2.05, 4.69) is 4.98 Å². The van der Waals surface area contributed by atoms with Crippen molar-refractivity contribution in [3.63, 3.8) is 0 Å². The first kappa shape index (κ1) is 13.4. The van der Waals surface area contributed by atoms with Crippen molar-refractivity contribution in [3.05, 3.63) is 53.3 Å². The number of aryl methyl sites for hydroxylation is 1. The lowest BCUT2D eigenvalue weighted by Crippen LogP contribution is -1.98. The Kier molecular flexibility index (Phi) is 4.36. The highest BCUT2D eigenvalue weighted by molar-refractivity contribution is 5.33. The van der Waals surface area contributed by atoms with Crippen molar-refractivity contribution in [2.24, 2.45) is 0 Å². The Hall–Kier alpha value is -2.07. The first-order valence-electron chi connectivity index (χ1n) is 6.05. The summed E-state index contributed by atoms with van der Waals surface area (Å²) in [5, 5.41) is 9.80. The molecular formula is C15H17NO3. The zero-order valence-corrected chi connectivity index (χ0v) is 11.1. The van der Waals surface area contributed by atoms with Gasteiger partial charge in [-0.1, -0.05) is 12.1 Å². The van der Waals surface area contributed by atoms with Gasteiger partial charge < -0.3 is 14.6 Å². The molecule has 1 aromatic heterocycles. The molecule has 0 amide bonds. The fourth-order valence-electron chi connectivity index (χ4n) is 1.70. The molecule has 0 radical (unpaired) electrons. The number of aromatic hydroxyl groups is 1. The van der Waals surface area contributed by atoms with Crippen LogP contribution in [0.1, 0.15) is 16.8 Å². The molecule has 2 rings (SSSR count). The summed E-state index contributed by atoms with van der Waals surface area (Å²) in [5.74, 6) is 1.03. The summed E-state index contributed by atoms with van der Waals surface area (Å²) < 4.78 is 10.6. The van der Waals surface area contributed by atoms with Gasteiger partial charge in [-0.2, -0.15) is 0 Å². The Labute approximate surface area is 112 Å². The Morgan fingerprint density at radius 3 is 2.53 bits per heavy atom. The van der Waals surface area contributed by atoms with Gasteiger partial charge >= 0.3 is 0 Å². The smallest absolute Gasteiger partial charge is 0.142 e. The number of rotatable bonds is 5. The maximum absolute atomic E-state index is 9.80. The molecule has 0 saturated carbocycles. The normalized spacial score (nSPS) is 10.4. The highest BCUT2D eigenvalue weighted by Gasteiger charge is 2.05. The number of nitrogens with zero attached hydrogens (tertiary/aromatic N) is 1. The van der Waals surface area contributed by atoms with Gasteiger partial charge in [0.05, 0.1) is 20.3 Å². The second-order valence-corrected chi connectivity index (χ2v) is 4.26. The predicted octanol–water partition coefficient (Wildman–Crippen LogP) is 2.82. The molecule has 0 unspecified atom stereocenters. The van der Waals surface area contributed by atoms with Crippen LogP contribution in [-0.2, 0) is 18.0 Å². The third kappa shape index (κ3) is 3.45. The van der Waals surface area contributed by atoms with Crippen molar-refractivity contribution in [2.45, 2.75) is 20.1 Å². The largest absolute Gasteiger partial charge is 0.506 e. The molecule has 0 saturated heterocycles. The van der Waals surface area contributed by atoms with Crippen molar-refractivity contribution in [2.75, 3.05) is 7.11 Å². The lowest BCUT2D eigenvalue weighted by atomic mass is 10.2. The third-order valence-electron chi connectivity index (χ3n) is 2.87. The maximum atomic E-state index is 9.80. The molecule has 19 heavy (non-hydrogen) atoms. The molecule has 100 valence electrons. The summed E-state index contributed by atoms with van der Waals surface area (Å²) in [7, 11) is 1.64. The van der Waals surface area contributed by atoms with Crippen LogP contribution >= 0.6 is 0 Å². The van der Waals surface area contributed by atoms with Gasteiger partial charge in [0, 0.05) is 6.20 Å². The lowest BCUT2D eigenvalue weighted by Gasteiger charge is -2.07. The van der Waals surface area contributed by atoms with Crippen molar-refractivity contribution < 1.29 is 14.6 Å². The van der Waals surface area contributed by atoms with E-state index in [1.165, 1.54) is 0 Å². The number of benzene rings is 1.